The molecule has 1 aromatic heterocycles. The van der Waals surface area contributed by atoms with Crippen molar-refractivity contribution in [1.82, 2.24) is 4.73 Å². The highest BCUT2D eigenvalue weighted by molar-refractivity contribution is 7.89. The number of halogens is 2. The van der Waals surface area contributed by atoms with Gasteiger partial charge in [0.15, 0.2) is 0 Å². The van der Waals surface area contributed by atoms with E-state index in [1.165, 1.54) is 24.3 Å². The van der Waals surface area contributed by atoms with E-state index >= 15 is 0 Å². The molecule has 3 N–H and O–H groups in total. The lowest BCUT2D eigenvalue weighted by Gasteiger charge is -2.11. The summed E-state index contributed by atoms with van der Waals surface area (Å²) in [6.45, 7) is 1.63. The van der Waals surface area contributed by atoms with E-state index in [9.17, 15) is 27.5 Å². The lowest BCUT2D eigenvalue weighted by molar-refractivity contribution is 0.173. The molecule has 2 aromatic rings. The Kier molecular flexibility index (Phi) is 5.45. The number of aromatic nitrogens is 1. The summed E-state index contributed by atoms with van der Waals surface area (Å²) in [5.74, 6) is -2.41. The molecular weight excluding hydrogens is 416 g/mol. The number of rotatable bonds is 2. The molecule has 0 amide bonds. The first-order chi connectivity index (χ1) is 14.0. The molecule has 0 fully saturated rings. The minimum atomic E-state index is -3.61. The van der Waals surface area contributed by atoms with Crippen molar-refractivity contribution in [2.24, 2.45) is 4.40 Å². The van der Waals surface area contributed by atoms with Gasteiger partial charge in [-0.15, -0.1) is 0 Å². The first-order valence-corrected chi connectivity index (χ1v) is 10.4. The quantitative estimate of drug-likeness (QED) is 0.619. The second-order valence-corrected chi connectivity index (χ2v) is 8.24. The molecular formula is C20H17F2N3O4S. The molecule has 3 rings (SSSR count). The lowest BCUT2D eigenvalue weighted by Crippen LogP contribution is -2.46. The van der Waals surface area contributed by atoms with Crippen LogP contribution >= 0.6 is 0 Å². The van der Waals surface area contributed by atoms with E-state index < -0.39 is 27.4 Å². The largest absolute Gasteiger partial charge is 0.507 e. The van der Waals surface area contributed by atoms with Crippen LogP contribution in [0.2, 0.25) is 0 Å². The van der Waals surface area contributed by atoms with Crippen LogP contribution in [0, 0.1) is 17.0 Å². The first-order valence-electron chi connectivity index (χ1n) is 8.53. The van der Waals surface area contributed by atoms with Crippen molar-refractivity contribution < 1.29 is 27.5 Å². The van der Waals surface area contributed by atoms with E-state index in [0.717, 1.165) is 24.6 Å². The molecule has 0 saturated carbocycles. The number of nitrogens with zero attached hydrogens (tertiary/aromatic N) is 2. The number of allylic oxidation sites excluding steroid dienone is 4. The Morgan fingerprint density at radius 2 is 1.90 bits per heavy atom. The van der Waals surface area contributed by atoms with Crippen LogP contribution in [0.4, 0.5) is 8.78 Å². The Hall–Kier alpha value is -3.53. The fourth-order valence-corrected chi connectivity index (χ4v) is 3.49. The maximum absolute atomic E-state index is 14.1. The summed E-state index contributed by atoms with van der Waals surface area (Å²) in [4.78, 5) is 0. The van der Waals surface area contributed by atoms with Crippen LogP contribution in [-0.4, -0.2) is 35.4 Å². The zero-order chi connectivity index (χ0) is 22.2. The van der Waals surface area contributed by atoms with Crippen LogP contribution in [0.3, 0.4) is 0 Å². The first kappa shape index (κ1) is 21.2. The maximum atomic E-state index is 14.1. The molecule has 156 valence electrons. The highest BCUT2D eigenvalue weighted by Crippen LogP contribution is 2.17. The minimum absolute atomic E-state index is 0.0232. The zero-order valence-electron chi connectivity index (χ0n) is 15.9. The molecule has 0 atom stereocenters. The number of hydrogen-bond acceptors (Lipinski definition) is 5. The molecule has 0 aliphatic heterocycles. The molecule has 0 radical (unpaired) electrons. The standard InChI is InChI=1S/C20H17F2N3O4S/c1-11-9-13(24-30(2,28)29)4-6-14(11)19-18(23)16(7-8-25(19)27)20(26)15-5-3-12(21)10-17(15)22/h3-10,23,26-27H,1-2H3. The van der Waals surface area contributed by atoms with Gasteiger partial charge in [-0.1, -0.05) is 6.08 Å². The van der Waals surface area contributed by atoms with Crippen molar-refractivity contribution in [2.45, 2.75) is 6.92 Å². The van der Waals surface area contributed by atoms with Crippen LogP contribution in [-0.2, 0) is 10.0 Å². The monoisotopic (exact) mass is 433 g/mol. The third-order valence-corrected chi connectivity index (χ3v) is 4.84. The molecule has 0 saturated heterocycles. The van der Waals surface area contributed by atoms with Crippen molar-refractivity contribution in [1.29, 1.82) is 5.41 Å². The minimum Gasteiger partial charge on any atom is -0.507 e. The molecule has 10 heteroatoms. The molecule has 1 heterocycles. The molecule has 7 nitrogen and oxygen atoms in total. The predicted octanol–water partition coefficient (Wildman–Crippen LogP) is 1.26. The summed E-state index contributed by atoms with van der Waals surface area (Å²) in [7, 11) is -3.61. The summed E-state index contributed by atoms with van der Waals surface area (Å²) in [6.07, 6.45) is 6.45. The van der Waals surface area contributed by atoms with E-state index in [1.807, 2.05) is 0 Å². The van der Waals surface area contributed by atoms with E-state index in [2.05, 4.69) is 4.40 Å². The average molecular weight is 433 g/mol. The van der Waals surface area contributed by atoms with Crippen molar-refractivity contribution in [3.05, 3.63) is 87.4 Å². The van der Waals surface area contributed by atoms with Crippen molar-refractivity contribution in [2.75, 3.05) is 6.26 Å². The fraction of sp³-hybridized carbons (Fsp3) is 0.100. The van der Waals surface area contributed by atoms with Gasteiger partial charge < -0.3 is 10.3 Å². The molecule has 1 aliphatic carbocycles. The Morgan fingerprint density at radius 3 is 2.50 bits per heavy atom. The van der Waals surface area contributed by atoms with Gasteiger partial charge in [-0.2, -0.15) is 9.13 Å². The third-order valence-electron chi connectivity index (χ3n) is 4.30. The topological polar surface area (TPSA) is 116 Å². The van der Waals surface area contributed by atoms with Gasteiger partial charge in [0.2, 0.25) is 0 Å². The molecule has 1 aliphatic rings. The summed E-state index contributed by atoms with van der Waals surface area (Å²) in [6, 6.07) is 3.85. The van der Waals surface area contributed by atoms with Crippen molar-refractivity contribution >= 4 is 27.1 Å². The summed E-state index contributed by atoms with van der Waals surface area (Å²) < 4.78 is 54.2. The molecule has 30 heavy (non-hydrogen) atoms. The SMILES string of the molecule is CC1=CC(=NS(C)(=O)=O)C=CC1=c1c(=N)c(=C(O)c2ccc(F)cc2F)ccn1O. The molecule has 1 aromatic carbocycles. The van der Waals surface area contributed by atoms with Gasteiger partial charge in [-0.25, -0.2) is 17.2 Å². The summed E-state index contributed by atoms with van der Waals surface area (Å²) in [5.41, 5.74) is 0.740. The van der Waals surface area contributed by atoms with Gasteiger partial charge in [-0.05, 0) is 42.8 Å². The second kappa shape index (κ2) is 7.71. The van der Waals surface area contributed by atoms with Crippen molar-refractivity contribution in [3.8, 4) is 0 Å². The fourth-order valence-electron chi connectivity index (χ4n) is 2.99. The van der Waals surface area contributed by atoms with E-state index in [0.29, 0.717) is 21.9 Å². The normalized spacial score (nSPS) is 18.4. The average Bonchev–Trinajstić information content (AvgIpc) is 2.61. The maximum Gasteiger partial charge on any atom is 0.250 e. The zero-order valence-corrected chi connectivity index (χ0v) is 16.7. The van der Waals surface area contributed by atoms with Gasteiger partial charge in [0.25, 0.3) is 10.0 Å². The van der Waals surface area contributed by atoms with Gasteiger partial charge in [0.1, 0.15) is 22.7 Å². The van der Waals surface area contributed by atoms with Crippen molar-refractivity contribution in [3.63, 3.8) is 0 Å². The van der Waals surface area contributed by atoms with Gasteiger partial charge in [-0.3, -0.25) is 5.41 Å². The highest BCUT2D eigenvalue weighted by atomic mass is 32.2. The Labute approximate surface area is 170 Å². The number of pyridine rings is 1. The highest BCUT2D eigenvalue weighted by Gasteiger charge is 2.14. The lowest BCUT2D eigenvalue weighted by atomic mass is 9.99. The van der Waals surface area contributed by atoms with Crippen LogP contribution < -0.4 is 15.9 Å². The Morgan fingerprint density at radius 1 is 1.20 bits per heavy atom. The number of aliphatic hydroxyl groups excluding tert-OH is 1. The Balaban J connectivity index is 2.32. The van der Waals surface area contributed by atoms with Gasteiger partial charge in [0.05, 0.1) is 22.9 Å². The summed E-state index contributed by atoms with van der Waals surface area (Å²) >= 11 is 0. The smallest absolute Gasteiger partial charge is 0.250 e. The number of aliphatic hydroxyl groups is 1. The van der Waals surface area contributed by atoms with Gasteiger partial charge in [0, 0.05) is 23.1 Å². The number of benzene rings is 1. The number of hydrogen-bond donors (Lipinski definition) is 3. The molecule has 0 unspecified atom stereocenters. The van der Waals surface area contributed by atoms with Crippen LogP contribution in [0.5, 0.6) is 0 Å². The van der Waals surface area contributed by atoms with E-state index in [4.69, 9.17) is 5.41 Å². The molecule has 0 bridgehead atoms. The number of sulfonamides is 1. The van der Waals surface area contributed by atoms with Gasteiger partial charge >= 0.3 is 0 Å². The molecule has 0 spiro atoms. The van der Waals surface area contributed by atoms with Crippen LogP contribution in [0.15, 0.2) is 58.7 Å². The Bertz CT molecular complexity index is 1440. The van der Waals surface area contributed by atoms with Crippen LogP contribution in [0.1, 0.15) is 12.5 Å². The second-order valence-electron chi connectivity index (χ2n) is 6.59. The van der Waals surface area contributed by atoms with E-state index in [1.54, 1.807) is 6.92 Å². The summed E-state index contributed by atoms with van der Waals surface area (Å²) in [5, 5.41) is 28.8. The predicted molar refractivity (Wildman–Crippen MR) is 107 cm³/mol. The van der Waals surface area contributed by atoms with E-state index in [-0.39, 0.29) is 27.2 Å². The third kappa shape index (κ3) is 4.23. The van der Waals surface area contributed by atoms with Crippen LogP contribution in [0.25, 0.3) is 11.3 Å². The number of nitrogens with one attached hydrogen (secondary N) is 1.